The Bertz CT molecular complexity index is 176. The van der Waals surface area contributed by atoms with E-state index in [9.17, 15) is 0 Å². The van der Waals surface area contributed by atoms with Gasteiger partial charge in [0.05, 0.1) is 0 Å². The molecule has 0 unspecified atom stereocenters. The molecule has 0 aliphatic carbocycles. The first-order valence-electron chi connectivity index (χ1n) is 6.62. The predicted molar refractivity (Wildman–Crippen MR) is 68.3 cm³/mol. The molecule has 1 saturated heterocycles. The van der Waals surface area contributed by atoms with Crippen LogP contribution in [0.25, 0.3) is 0 Å². The van der Waals surface area contributed by atoms with Gasteiger partial charge >= 0.3 is 0 Å². The van der Waals surface area contributed by atoms with Crippen molar-refractivity contribution in [1.29, 1.82) is 0 Å². The van der Waals surface area contributed by atoms with Gasteiger partial charge in [0.25, 0.3) is 0 Å². The summed E-state index contributed by atoms with van der Waals surface area (Å²) in [4.78, 5) is 0. The third-order valence-electron chi connectivity index (χ3n) is 3.52. The Morgan fingerprint density at radius 1 is 1.18 bits per heavy atom. The van der Waals surface area contributed by atoms with Gasteiger partial charge in [0.1, 0.15) is 0 Å². The van der Waals surface area contributed by atoms with Crippen molar-refractivity contribution in [1.82, 2.24) is 5.32 Å². The van der Waals surface area contributed by atoms with Gasteiger partial charge in [-0.25, -0.2) is 0 Å². The van der Waals surface area contributed by atoms with E-state index < -0.39 is 0 Å². The largest absolute Gasteiger partial charge is 0.385 e. The fourth-order valence-corrected chi connectivity index (χ4v) is 2.39. The van der Waals surface area contributed by atoms with Gasteiger partial charge in [-0.2, -0.15) is 0 Å². The topological polar surface area (TPSA) is 39.7 Å². The molecular formula is C13H27NO3. The highest BCUT2D eigenvalue weighted by Gasteiger charge is 2.31. The summed E-state index contributed by atoms with van der Waals surface area (Å²) in [6, 6.07) is 0. The zero-order valence-corrected chi connectivity index (χ0v) is 11.3. The molecule has 0 aromatic heterocycles. The van der Waals surface area contributed by atoms with Crippen molar-refractivity contribution in [3.8, 4) is 0 Å². The van der Waals surface area contributed by atoms with Crippen molar-refractivity contribution in [2.75, 3.05) is 53.7 Å². The van der Waals surface area contributed by atoms with Gasteiger partial charge < -0.3 is 19.5 Å². The summed E-state index contributed by atoms with van der Waals surface area (Å²) in [5, 5.41) is 3.31. The summed E-state index contributed by atoms with van der Waals surface area (Å²) in [7, 11) is 3.75. The second-order valence-corrected chi connectivity index (χ2v) is 4.85. The lowest BCUT2D eigenvalue weighted by atomic mass is 9.77. The first-order valence-corrected chi connectivity index (χ1v) is 6.62. The summed E-state index contributed by atoms with van der Waals surface area (Å²) in [6.45, 7) is 5.30. The summed E-state index contributed by atoms with van der Waals surface area (Å²) in [5.41, 5.74) is 0.383. The fraction of sp³-hybridized carbons (Fsp3) is 1.00. The number of methoxy groups -OCH3 is 1. The highest BCUT2D eigenvalue weighted by Crippen LogP contribution is 2.33. The van der Waals surface area contributed by atoms with E-state index in [4.69, 9.17) is 14.2 Å². The van der Waals surface area contributed by atoms with Crippen LogP contribution in [-0.4, -0.2) is 53.7 Å². The van der Waals surface area contributed by atoms with E-state index in [0.717, 1.165) is 65.3 Å². The normalized spacial score (nSPS) is 19.4. The molecule has 0 saturated carbocycles. The molecule has 1 aliphatic heterocycles. The van der Waals surface area contributed by atoms with E-state index in [-0.39, 0.29) is 0 Å². The van der Waals surface area contributed by atoms with Crippen LogP contribution >= 0.6 is 0 Å². The lowest BCUT2D eigenvalue weighted by molar-refractivity contribution is -0.00672. The smallest absolute Gasteiger partial charge is 0.0487 e. The third-order valence-corrected chi connectivity index (χ3v) is 3.52. The molecule has 102 valence electrons. The van der Waals surface area contributed by atoms with Crippen molar-refractivity contribution >= 4 is 0 Å². The Balaban J connectivity index is 2.15. The van der Waals surface area contributed by atoms with Crippen LogP contribution in [0.15, 0.2) is 0 Å². The monoisotopic (exact) mass is 245 g/mol. The first kappa shape index (κ1) is 14.9. The van der Waals surface area contributed by atoms with E-state index >= 15 is 0 Å². The molecule has 1 heterocycles. The van der Waals surface area contributed by atoms with Crippen LogP contribution in [-0.2, 0) is 14.2 Å². The van der Waals surface area contributed by atoms with Crippen molar-refractivity contribution in [3.05, 3.63) is 0 Å². The maximum atomic E-state index is 5.66. The maximum Gasteiger partial charge on any atom is 0.0487 e. The average Bonchev–Trinajstić information content (AvgIpc) is 2.35. The number of nitrogens with one attached hydrogen (secondary N) is 1. The van der Waals surface area contributed by atoms with Gasteiger partial charge in [0.2, 0.25) is 0 Å². The van der Waals surface area contributed by atoms with Gasteiger partial charge in [0, 0.05) is 46.7 Å². The molecule has 1 aliphatic rings. The van der Waals surface area contributed by atoms with E-state index in [1.165, 1.54) is 0 Å². The number of rotatable bonds is 9. The lowest BCUT2D eigenvalue weighted by Gasteiger charge is -2.37. The van der Waals surface area contributed by atoms with E-state index in [1.807, 2.05) is 7.05 Å². The van der Waals surface area contributed by atoms with Crippen LogP contribution in [0.4, 0.5) is 0 Å². The van der Waals surface area contributed by atoms with Gasteiger partial charge in [-0.15, -0.1) is 0 Å². The summed E-state index contributed by atoms with van der Waals surface area (Å²) in [6.07, 6.45) is 4.41. The number of hydrogen-bond acceptors (Lipinski definition) is 4. The van der Waals surface area contributed by atoms with Gasteiger partial charge in [-0.3, -0.25) is 0 Å². The molecule has 0 atom stereocenters. The highest BCUT2D eigenvalue weighted by molar-refractivity contribution is 4.83. The van der Waals surface area contributed by atoms with Crippen molar-refractivity contribution in [2.45, 2.75) is 25.7 Å². The molecule has 4 nitrogen and oxygen atoms in total. The van der Waals surface area contributed by atoms with Crippen LogP contribution in [0.3, 0.4) is 0 Å². The van der Waals surface area contributed by atoms with Crippen molar-refractivity contribution in [2.24, 2.45) is 5.41 Å². The standard InChI is InChI=1S/C13H27NO3/c1-14-12-13(5-10-17-11-6-13)4-9-16-8-3-7-15-2/h14H,3-12H2,1-2H3. The molecule has 4 heteroatoms. The Hall–Kier alpha value is -0.160. The molecule has 0 aromatic rings. The minimum absolute atomic E-state index is 0.383. The number of ether oxygens (including phenoxy) is 3. The average molecular weight is 245 g/mol. The van der Waals surface area contributed by atoms with Gasteiger partial charge in [-0.1, -0.05) is 0 Å². The zero-order valence-electron chi connectivity index (χ0n) is 11.3. The minimum Gasteiger partial charge on any atom is -0.385 e. The van der Waals surface area contributed by atoms with Crippen LogP contribution in [0, 0.1) is 5.41 Å². The molecule has 1 fully saturated rings. The van der Waals surface area contributed by atoms with E-state index in [0.29, 0.717) is 5.41 Å². The maximum absolute atomic E-state index is 5.66. The molecular weight excluding hydrogens is 218 g/mol. The molecule has 0 aromatic carbocycles. The fourth-order valence-electron chi connectivity index (χ4n) is 2.39. The van der Waals surface area contributed by atoms with Crippen molar-refractivity contribution < 1.29 is 14.2 Å². The molecule has 0 radical (unpaired) electrons. The third kappa shape index (κ3) is 5.82. The first-order chi connectivity index (χ1) is 8.33. The van der Waals surface area contributed by atoms with Crippen LogP contribution in [0.1, 0.15) is 25.7 Å². The molecule has 0 amide bonds. The SMILES string of the molecule is CNCC1(CCOCCCOC)CCOCC1. The molecule has 1 rings (SSSR count). The Kier molecular flexibility index (Phi) is 7.77. The summed E-state index contributed by atoms with van der Waals surface area (Å²) >= 11 is 0. The van der Waals surface area contributed by atoms with Crippen LogP contribution in [0.2, 0.25) is 0 Å². The Morgan fingerprint density at radius 3 is 2.59 bits per heavy atom. The van der Waals surface area contributed by atoms with Gasteiger partial charge in [-0.05, 0) is 38.1 Å². The molecule has 1 N–H and O–H groups in total. The van der Waals surface area contributed by atoms with Crippen molar-refractivity contribution in [3.63, 3.8) is 0 Å². The molecule has 0 spiro atoms. The van der Waals surface area contributed by atoms with E-state index in [1.54, 1.807) is 7.11 Å². The molecule has 0 bridgehead atoms. The van der Waals surface area contributed by atoms with Gasteiger partial charge in [0.15, 0.2) is 0 Å². The zero-order chi connectivity index (χ0) is 12.4. The minimum atomic E-state index is 0.383. The predicted octanol–water partition coefficient (Wildman–Crippen LogP) is 1.45. The quantitative estimate of drug-likeness (QED) is 0.624. The van der Waals surface area contributed by atoms with Crippen LogP contribution < -0.4 is 5.32 Å². The van der Waals surface area contributed by atoms with Crippen LogP contribution in [0.5, 0.6) is 0 Å². The summed E-state index contributed by atoms with van der Waals surface area (Å²) < 4.78 is 16.1. The van der Waals surface area contributed by atoms with E-state index in [2.05, 4.69) is 5.32 Å². The lowest BCUT2D eigenvalue weighted by Crippen LogP contribution is -2.39. The Labute approximate surface area is 105 Å². The Morgan fingerprint density at radius 2 is 1.94 bits per heavy atom. The highest BCUT2D eigenvalue weighted by atomic mass is 16.5. The number of hydrogen-bond donors (Lipinski definition) is 1. The second-order valence-electron chi connectivity index (χ2n) is 4.85. The second kappa shape index (κ2) is 8.86. The summed E-state index contributed by atoms with van der Waals surface area (Å²) in [5.74, 6) is 0. The molecule has 17 heavy (non-hydrogen) atoms.